The number of nitrogens with zero attached hydrogens (tertiary/aromatic N) is 3. The number of carboxylic acid groups (broad SMARTS) is 1. The first-order valence-electron chi connectivity index (χ1n) is 6.62. The van der Waals surface area contributed by atoms with Crippen molar-refractivity contribution in [2.24, 2.45) is 0 Å². The van der Waals surface area contributed by atoms with Crippen LogP contribution < -0.4 is 9.64 Å². The van der Waals surface area contributed by atoms with E-state index in [1.807, 2.05) is 18.7 Å². The third-order valence-corrected chi connectivity index (χ3v) is 2.80. The van der Waals surface area contributed by atoms with Crippen LogP contribution in [0.15, 0.2) is 12.3 Å². The summed E-state index contributed by atoms with van der Waals surface area (Å²) >= 11 is 0. The molecule has 0 bridgehead atoms. The molecule has 7 heteroatoms. The summed E-state index contributed by atoms with van der Waals surface area (Å²) in [7, 11) is 0. The van der Waals surface area contributed by atoms with E-state index < -0.39 is 5.97 Å². The Labute approximate surface area is 117 Å². The molecule has 1 aromatic heterocycles. The van der Waals surface area contributed by atoms with Crippen LogP contribution in [-0.2, 0) is 9.53 Å². The molecule has 1 unspecified atom stereocenters. The van der Waals surface area contributed by atoms with Gasteiger partial charge < -0.3 is 19.5 Å². The monoisotopic (exact) mass is 281 g/mol. The van der Waals surface area contributed by atoms with Crippen molar-refractivity contribution < 1.29 is 19.4 Å². The highest BCUT2D eigenvalue weighted by molar-refractivity contribution is 5.67. The highest BCUT2D eigenvalue weighted by Gasteiger charge is 2.24. The van der Waals surface area contributed by atoms with E-state index in [0.29, 0.717) is 31.5 Å². The second-order valence-corrected chi connectivity index (χ2v) is 4.90. The lowest BCUT2D eigenvalue weighted by Gasteiger charge is -2.32. The summed E-state index contributed by atoms with van der Waals surface area (Å²) < 4.78 is 11.0. The normalized spacial score (nSPS) is 19.1. The lowest BCUT2D eigenvalue weighted by Crippen LogP contribution is -2.44. The minimum absolute atomic E-state index is 0.0152. The lowest BCUT2D eigenvalue weighted by molar-refractivity contribution is -0.140. The highest BCUT2D eigenvalue weighted by Crippen LogP contribution is 2.17. The number of aromatic nitrogens is 2. The summed E-state index contributed by atoms with van der Waals surface area (Å²) in [4.78, 5) is 21.2. The van der Waals surface area contributed by atoms with Crippen LogP contribution in [0.25, 0.3) is 0 Å². The van der Waals surface area contributed by atoms with Gasteiger partial charge in [-0.1, -0.05) is 0 Å². The molecule has 1 aromatic rings. The van der Waals surface area contributed by atoms with Gasteiger partial charge in [-0.25, -0.2) is 4.98 Å². The minimum atomic E-state index is -0.866. The average Bonchev–Trinajstić information content (AvgIpc) is 2.38. The Hall–Kier alpha value is -1.89. The van der Waals surface area contributed by atoms with Crippen molar-refractivity contribution in [3.05, 3.63) is 12.3 Å². The maximum atomic E-state index is 10.7. The Kier molecular flexibility index (Phi) is 4.73. The van der Waals surface area contributed by atoms with E-state index >= 15 is 0 Å². The largest absolute Gasteiger partial charge is 0.481 e. The van der Waals surface area contributed by atoms with Crippen LogP contribution in [0, 0.1) is 0 Å². The van der Waals surface area contributed by atoms with Crippen molar-refractivity contribution in [3.63, 3.8) is 0 Å². The molecule has 2 rings (SSSR count). The zero-order chi connectivity index (χ0) is 14.5. The van der Waals surface area contributed by atoms with Gasteiger partial charge in [-0.15, -0.1) is 0 Å². The third-order valence-electron chi connectivity index (χ3n) is 2.80. The van der Waals surface area contributed by atoms with Gasteiger partial charge in [0.25, 0.3) is 0 Å². The highest BCUT2D eigenvalue weighted by atomic mass is 16.5. The van der Waals surface area contributed by atoms with Gasteiger partial charge in [0.1, 0.15) is 0 Å². The first-order valence-corrected chi connectivity index (χ1v) is 6.62. The molecule has 1 aliphatic rings. The maximum absolute atomic E-state index is 10.7. The number of ether oxygens (including phenoxy) is 2. The Balaban J connectivity index is 2.04. The summed E-state index contributed by atoms with van der Waals surface area (Å²) in [6.45, 7) is 5.44. The first kappa shape index (κ1) is 14.5. The van der Waals surface area contributed by atoms with Gasteiger partial charge in [-0.3, -0.25) is 4.79 Å². The summed E-state index contributed by atoms with van der Waals surface area (Å²) in [5.74, 6) is 0.197. The second-order valence-electron chi connectivity index (χ2n) is 4.90. The minimum Gasteiger partial charge on any atom is -0.481 e. The molecule has 20 heavy (non-hydrogen) atoms. The predicted octanol–water partition coefficient (Wildman–Crippen LogP) is 0.944. The van der Waals surface area contributed by atoms with E-state index in [1.165, 1.54) is 0 Å². The molecule has 1 atom stereocenters. The molecular formula is C13H19N3O4. The number of carboxylic acids is 1. The molecular weight excluding hydrogens is 262 g/mol. The zero-order valence-electron chi connectivity index (χ0n) is 11.7. The van der Waals surface area contributed by atoms with E-state index in [9.17, 15) is 4.79 Å². The van der Waals surface area contributed by atoms with Crippen LogP contribution in [0.3, 0.4) is 0 Å². The molecule has 1 aliphatic heterocycles. The molecule has 0 radical (unpaired) electrons. The summed E-state index contributed by atoms with van der Waals surface area (Å²) in [5, 5.41) is 8.82. The fourth-order valence-corrected chi connectivity index (χ4v) is 2.01. The van der Waals surface area contributed by atoms with Crippen LogP contribution in [0.5, 0.6) is 5.88 Å². The average molecular weight is 281 g/mol. The van der Waals surface area contributed by atoms with Gasteiger partial charge >= 0.3 is 5.97 Å². The Morgan fingerprint density at radius 3 is 3.15 bits per heavy atom. The number of rotatable bonds is 5. The van der Waals surface area contributed by atoms with E-state index in [-0.39, 0.29) is 18.6 Å². The van der Waals surface area contributed by atoms with Crippen LogP contribution in [0.1, 0.15) is 20.3 Å². The van der Waals surface area contributed by atoms with E-state index in [2.05, 4.69) is 9.97 Å². The van der Waals surface area contributed by atoms with Crippen molar-refractivity contribution in [3.8, 4) is 5.88 Å². The van der Waals surface area contributed by atoms with E-state index in [4.69, 9.17) is 14.6 Å². The van der Waals surface area contributed by atoms with E-state index in [1.54, 1.807) is 12.3 Å². The van der Waals surface area contributed by atoms with Gasteiger partial charge in [0.15, 0.2) is 0 Å². The van der Waals surface area contributed by atoms with Gasteiger partial charge in [0, 0.05) is 25.4 Å². The molecule has 2 heterocycles. The number of morpholine rings is 1. The molecule has 0 saturated carbocycles. The van der Waals surface area contributed by atoms with E-state index in [0.717, 1.165) is 0 Å². The molecule has 0 spiro atoms. The summed E-state index contributed by atoms with van der Waals surface area (Å²) in [6.07, 6.45) is 1.34. The van der Waals surface area contributed by atoms with Crippen LogP contribution in [0.4, 0.5) is 5.95 Å². The number of hydrogen-bond donors (Lipinski definition) is 1. The zero-order valence-corrected chi connectivity index (χ0v) is 11.7. The van der Waals surface area contributed by atoms with Crippen LogP contribution in [0.2, 0.25) is 0 Å². The lowest BCUT2D eigenvalue weighted by atomic mass is 10.2. The Morgan fingerprint density at radius 1 is 1.65 bits per heavy atom. The quantitative estimate of drug-likeness (QED) is 0.859. The Morgan fingerprint density at radius 2 is 2.45 bits per heavy atom. The van der Waals surface area contributed by atoms with Crippen molar-refractivity contribution in [2.45, 2.75) is 32.5 Å². The number of aliphatic carboxylic acids is 1. The molecule has 7 nitrogen and oxygen atoms in total. The molecule has 110 valence electrons. The number of carbonyl (C=O) groups is 1. The van der Waals surface area contributed by atoms with Crippen molar-refractivity contribution in [2.75, 3.05) is 24.6 Å². The standard InChI is InChI=1S/C13H19N3O4/c1-9(2)20-11-3-4-14-13(15-11)16-5-6-19-10(8-16)7-12(17)18/h3-4,9-10H,5-8H2,1-2H3,(H,17,18). The number of anilines is 1. The van der Waals surface area contributed by atoms with Crippen molar-refractivity contribution >= 4 is 11.9 Å². The fourth-order valence-electron chi connectivity index (χ4n) is 2.01. The number of hydrogen-bond acceptors (Lipinski definition) is 6. The molecule has 0 aliphatic carbocycles. The summed E-state index contributed by atoms with van der Waals surface area (Å²) in [5.41, 5.74) is 0. The fraction of sp³-hybridized carbons (Fsp3) is 0.615. The van der Waals surface area contributed by atoms with Gasteiger partial charge in [-0.2, -0.15) is 4.98 Å². The first-order chi connectivity index (χ1) is 9.54. The van der Waals surface area contributed by atoms with Crippen LogP contribution in [-0.4, -0.2) is 52.9 Å². The Bertz CT molecular complexity index is 467. The third kappa shape index (κ3) is 4.06. The van der Waals surface area contributed by atoms with Gasteiger partial charge in [-0.05, 0) is 13.8 Å². The topological polar surface area (TPSA) is 84.8 Å². The molecule has 1 N–H and O–H groups in total. The second kappa shape index (κ2) is 6.51. The molecule has 1 saturated heterocycles. The molecule has 1 fully saturated rings. The predicted molar refractivity (Wildman–Crippen MR) is 72.0 cm³/mol. The smallest absolute Gasteiger partial charge is 0.306 e. The maximum Gasteiger partial charge on any atom is 0.306 e. The van der Waals surface area contributed by atoms with Crippen molar-refractivity contribution in [1.82, 2.24) is 9.97 Å². The SMILES string of the molecule is CC(C)Oc1ccnc(N2CCOC(CC(=O)O)C2)n1. The van der Waals surface area contributed by atoms with Crippen LogP contribution >= 0.6 is 0 Å². The molecule has 0 amide bonds. The molecule has 0 aromatic carbocycles. The summed E-state index contributed by atoms with van der Waals surface area (Å²) in [6, 6.07) is 1.71. The van der Waals surface area contributed by atoms with Gasteiger partial charge in [0.05, 0.1) is 25.2 Å². The van der Waals surface area contributed by atoms with Gasteiger partial charge in [0.2, 0.25) is 11.8 Å². The van der Waals surface area contributed by atoms with Crippen molar-refractivity contribution in [1.29, 1.82) is 0 Å².